The van der Waals surface area contributed by atoms with Crippen molar-refractivity contribution in [2.75, 3.05) is 27.2 Å². The Morgan fingerprint density at radius 2 is 1.75 bits per heavy atom. The fourth-order valence-electron chi connectivity index (χ4n) is 1.34. The summed E-state index contributed by atoms with van der Waals surface area (Å²) in [5.41, 5.74) is 6.75. The largest absolute Gasteiger partial charge is 0.497 e. The van der Waals surface area contributed by atoms with Gasteiger partial charge in [-0.3, -0.25) is 0 Å². The first-order chi connectivity index (χ1) is 6.76. The van der Waals surface area contributed by atoms with Crippen molar-refractivity contribution in [2.45, 2.75) is 6.54 Å². The Labute approximate surface area is 110 Å². The molecule has 0 heterocycles. The SMILES string of the molecule is COc1ccc(CN(C)CCN)cc1.Cl.Cl. The number of ether oxygens (including phenoxy) is 1. The third kappa shape index (κ3) is 6.18. The molecule has 0 unspecified atom stereocenters. The summed E-state index contributed by atoms with van der Waals surface area (Å²) < 4.78 is 5.09. The summed E-state index contributed by atoms with van der Waals surface area (Å²) in [5.74, 6) is 0.898. The molecule has 0 aliphatic carbocycles. The van der Waals surface area contributed by atoms with Gasteiger partial charge in [0.05, 0.1) is 7.11 Å². The molecule has 0 amide bonds. The van der Waals surface area contributed by atoms with Gasteiger partial charge in [0.2, 0.25) is 0 Å². The first-order valence-electron chi connectivity index (χ1n) is 4.78. The van der Waals surface area contributed by atoms with Crippen molar-refractivity contribution in [1.29, 1.82) is 0 Å². The Morgan fingerprint density at radius 3 is 2.19 bits per heavy atom. The molecule has 2 N–H and O–H groups in total. The van der Waals surface area contributed by atoms with Crippen molar-refractivity contribution in [2.24, 2.45) is 5.73 Å². The molecule has 0 fully saturated rings. The van der Waals surface area contributed by atoms with Crippen LogP contribution in [0.3, 0.4) is 0 Å². The molecule has 1 aromatic rings. The first kappa shape index (κ1) is 17.9. The molecule has 0 aliphatic heterocycles. The van der Waals surface area contributed by atoms with Crippen LogP contribution in [0.2, 0.25) is 0 Å². The summed E-state index contributed by atoms with van der Waals surface area (Å²) in [6.07, 6.45) is 0. The van der Waals surface area contributed by atoms with Gasteiger partial charge in [0.15, 0.2) is 0 Å². The third-order valence-corrected chi connectivity index (χ3v) is 2.12. The molecule has 0 aromatic heterocycles. The van der Waals surface area contributed by atoms with E-state index in [-0.39, 0.29) is 24.8 Å². The summed E-state index contributed by atoms with van der Waals surface area (Å²) in [7, 11) is 3.74. The van der Waals surface area contributed by atoms with Gasteiger partial charge >= 0.3 is 0 Å². The van der Waals surface area contributed by atoms with Crippen LogP contribution in [0.15, 0.2) is 24.3 Å². The Bertz CT molecular complexity index is 267. The van der Waals surface area contributed by atoms with Crippen molar-refractivity contribution in [1.82, 2.24) is 4.90 Å². The fourth-order valence-corrected chi connectivity index (χ4v) is 1.34. The van der Waals surface area contributed by atoms with E-state index >= 15 is 0 Å². The Hall–Kier alpha value is -0.480. The minimum atomic E-state index is 0. The van der Waals surface area contributed by atoms with Crippen molar-refractivity contribution < 1.29 is 4.74 Å². The lowest BCUT2D eigenvalue weighted by Gasteiger charge is -2.15. The quantitative estimate of drug-likeness (QED) is 0.886. The van der Waals surface area contributed by atoms with Crippen LogP contribution in [0.4, 0.5) is 0 Å². The van der Waals surface area contributed by atoms with Gasteiger partial charge in [0.25, 0.3) is 0 Å². The number of methoxy groups -OCH3 is 1. The molecule has 0 saturated carbocycles. The molecule has 3 nitrogen and oxygen atoms in total. The van der Waals surface area contributed by atoms with Gasteiger partial charge in [-0.2, -0.15) is 0 Å². The number of nitrogens with two attached hydrogens (primary N) is 1. The highest BCUT2D eigenvalue weighted by molar-refractivity contribution is 5.85. The fraction of sp³-hybridized carbons (Fsp3) is 0.455. The number of rotatable bonds is 5. The predicted octanol–water partition coefficient (Wildman–Crippen LogP) is 1.93. The lowest BCUT2D eigenvalue weighted by Crippen LogP contribution is -2.24. The zero-order chi connectivity index (χ0) is 10.4. The molecular formula is C11H20Cl2N2O. The maximum atomic E-state index is 5.47. The molecule has 1 rings (SSSR count). The molecule has 0 radical (unpaired) electrons. The van der Waals surface area contributed by atoms with Gasteiger partial charge in [-0.05, 0) is 24.7 Å². The highest BCUT2D eigenvalue weighted by Crippen LogP contribution is 2.12. The van der Waals surface area contributed by atoms with Crippen molar-refractivity contribution >= 4 is 24.8 Å². The number of hydrogen-bond acceptors (Lipinski definition) is 3. The maximum Gasteiger partial charge on any atom is 0.118 e. The predicted molar refractivity (Wildman–Crippen MR) is 72.9 cm³/mol. The summed E-state index contributed by atoms with van der Waals surface area (Å²) in [5, 5.41) is 0. The lowest BCUT2D eigenvalue weighted by molar-refractivity contribution is 0.336. The third-order valence-electron chi connectivity index (χ3n) is 2.12. The second kappa shape index (κ2) is 9.73. The average Bonchev–Trinajstić information content (AvgIpc) is 2.19. The summed E-state index contributed by atoms with van der Waals surface area (Å²) in [6, 6.07) is 8.11. The second-order valence-corrected chi connectivity index (χ2v) is 3.37. The monoisotopic (exact) mass is 266 g/mol. The zero-order valence-corrected chi connectivity index (χ0v) is 11.3. The highest BCUT2D eigenvalue weighted by Gasteiger charge is 1.98. The maximum absolute atomic E-state index is 5.47. The van der Waals surface area contributed by atoms with Crippen LogP contribution in [-0.2, 0) is 6.54 Å². The topological polar surface area (TPSA) is 38.5 Å². The molecule has 0 aliphatic rings. The summed E-state index contributed by atoms with van der Waals surface area (Å²) in [6.45, 7) is 2.56. The minimum absolute atomic E-state index is 0. The van der Waals surface area contributed by atoms with Gasteiger partial charge in [-0.15, -0.1) is 24.8 Å². The molecule has 0 spiro atoms. The number of halogens is 2. The van der Waals surface area contributed by atoms with E-state index in [1.807, 2.05) is 12.1 Å². The summed E-state index contributed by atoms with van der Waals surface area (Å²) >= 11 is 0. The van der Waals surface area contributed by atoms with E-state index in [9.17, 15) is 0 Å². The van der Waals surface area contributed by atoms with Crippen LogP contribution in [0.1, 0.15) is 5.56 Å². The molecule has 16 heavy (non-hydrogen) atoms. The van der Waals surface area contributed by atoms with E-state index in [1.54, 1.807) is 7.11 Å². The van der Waals surface area contributed by atoms with Crippen LogP contribution >= 0.6 is 24.8 Å². The first-order valence-corrected chi connectivity index (χ1v) is 4.78. The van der Waals surface area contributed by atoms with E-state index in [0.717, 1.165) is 18.8 Å². The highest BCUT2D eigenvalue weighted by atomic mass is 35.5. The van der Waals surface area contributed by atoms with Crippen molar-refractivity contribution in [3.05, 3.63) is 29.8 Å². The second-order valence-electron chi connectivity index (χ2n) is 3.37. The molecule has 5 heteroatoms. The Kier molecular flexibility index (Phi) is 10.9. The van der Waals surface area contributed by atoms with E-state index in [4.69, 9.17) is 10.5 Å². The normalized spacial score (nSPS) is 9.25. The molecular weight excluding hydrogens is 247 g/mol. The van der Waals surface area contributed by atoms with Crippen LogP contribution in [0.5, 0.6) is 5.75 Å². The van der Waals surface area contributed by atoms with E-state index < -0.39 is 0 Å². The zero-order valence-electron chi connectivity index (χ0n) is 9.68. The van der Waals surface area contributed by atoms with Gasteiger partial charge in [0.1, 0.15) is 5.75 Å². The molecule has 0 atom stereocenters. The average molecular weight is 267 g/mol. The molecule has 94 valence electrons. The van der Waals surface area contributed by atoms with Crippen LogP contribution < -0.4 is 10.5 Å². The van der Waals surface area contributed by atoms with Gasteiger partial charge in [-0.25, -0.2) is 0 Å². The lowest BCUT2D eigenvalue weighted by atomic mass is 10.2. The van der Waals surface area contributed by atoms with Crippen LogP contribution in [0.25, 0.3) is 0 Å². The number of likely N-dealkylation sites (N-methyl/N-ethyl adjacent to an activating group) is 1. The van der Waals surface area contributed by atoms with E-state index in [1.165, 1.54) is 5.56 Å². The Morgan fingerprint density at radius 1 is 1.19 bits per heavy atom. The Balaban J connectivity index is 0. The standard InChI is InChI=1S/C11H18N2O.2ClH/c1-13(8-7-12)9-10-3-5-11(14-2)6-4-10;;/h3-6H,7-9,12H2,1-2H3;2*1H. The number of nitrogens with zero attached hydrogens (tertiary/aromatic N) is 1. The van der Waals surface area contributed by atoms with Gasteiger partial charge < -0.3 is 15.4 Å². The van der Waals surface area contributed by atoms with Gasteiger partial charge in [0, 0.05) is 19.6 Å². The van der Waals surface area contributed by atoms with Crippen molar-refractivity contribution in [3.63, 3.8) is 0 Å². The van der Waals surface area contributed by atoms with Gasteiger partial charge in [-0.1, -0.05) is 12.1 Å². The van der Waals surface area contributed by atoms with Crippen molar-refractivity contribution in [3.8, 4) is 5.75 Å². The van der Waals surface area contributed by atoms with E-state index in [0.29, 0.717) is 6.54 Å². The minimum Gasteiger partial charge on any atom is -0.497 e. The summed E-state index contributed by atoms with van der Waals surface area (Å²) in [4.78, 5) is 2.20. The molecule has 1 aromatic carbocycles. The van der Waals surface area contributed by atoms with Crippen LogP contribution in [0, 0.1) is 0 Å². The molecule has 0 bridgehead atoms. The number of hydrogen-bond donors (Lipinski definition) is 1. The molecule has 0 saturated heterocycles. The van der Waals surface area contributed by atoms with Crippen LogP contribution in [-0.4, -0.2) is 32.1 Å². The number of benzene rings is 1. The smallest absolute Gasteiger partial charge is 0.118 e. The van der Waals surface area contributed by atoms with E-state index in [2.05, 4.69) is 24.1 Å².